The number of rotatable bonds is 5. The zero-order chi connectivity index (χ0) is 22.5. The number of aromatic amines is 1. The summed E-state index contributed by atoms with van der Waals surface area (Å²) < 4.78 is 9.82. The lowest BCUT2D eigenvalue weighted by atomic mass is 10.1. The van der Waals surface area contributed by atoms with E-state index < -0.39 is 11.9 Å². The van der Waals surface area contributed by atoms with Crippen LogP contribution in [-0.4, -0.2) is 72.6 Å². The van der Waals surface area contributed by atoms with Crippen LogP contribution in [0.2, 0.25) is 0 Å². The molecule has 2 aromatic rings. The van der Waals surface area contributed by atoms with Crippen LogP contribution in [0.25, 0.3) is 0 Å². The van der Waals surface area contributed by atoms with Crippen LogP contribution in [0.4, 0.5) is 5.82 Å². The number of nitrogens with one attached hydrogen (secondary N) is 1. The van der Waals surface area contributed by atoms with Crippen LogP contribution in [0.1, 0.15) is 55.8 Å². The Morgan fingerprint density at radius 2 is 1.87 bits per heavy atom. The van der Waals surface area contributed by atoms with Gasteiger partial charge in [-0.3, -0.25) is 4.79 Å². The highest BCUT2D eigenvalue weighted by atomic mass is 16.5. The summed E-state index contributed by atoms with van der Waals surface area (Å²) in [5.41, 5.74) is 2.47. The van der Waals surface area contributed by atoms with E-state index in [0.717, 1.165) is 18.8 Å². The van der Waals surface area contributed by atoms with Gasteiger partial charge in [0.1, 0.15) is 11.5 Å². The van der Waals surface area contributed by atoms with Crippen LogP contribution in [0.3, 0.4) is 0 Å². The van der Waals surface area contributed by atoms with Crippen LogP contribution in [0.15, 0.2) is 18.3 Å². The second-order valence-corrected chi connectivity index (χ2v) is 7.37. The van der Waals surface area contributed by atoms with Gasteiger partial charge in [-0.15, -0.1) is 0 Å². The first-order valence-corrected chi connectivity index (χ1v) is 10.3. The van der Waals surface area contributed by atoms with Crippen molar-refractivity contribution in [2.45, 2.75) is 27.2 Å². The first-order valence-electron chi connectivity index (χ1n) is 10.3. The Hall–Kier alpha value is -3.36. The van der Waals surface area contributed by atoms with Crippen molar-refractivity contribution in [3.8, 4) is 0 Å². The molecular weight excluding hydrogens is 400 g/mol. The van der Waals surface area contributed by atoms with Crippen molar-refractivity contribution in [2.75, 3.05) is 44.8 Å². The molecule has 1 saturated heterocycles. The highest BCUT2D eigenvalue weighted by Crippen LogP contribution is 2.22. The number of esters is 2. The maximum atomic E-state index is 13.1. The predicted molar refractivity (Wildman–Crippen MR) is 115 cm³/mol. The van der Waals surface area contributed by atoms with Crippen LogP contribution in [-0.2, 0) is 9.47 Å². The summed E-state index contributed by atoms with van der Waals surface area (Å²) in [6.07, 6.45) is 2.29. The average Bonchev–Trinajstić information content (AvgIpc) is 2.94. The fourth-order valence-electron chi connectivity index (χ4n) is 3.79. The van der Waals surface area contributed by atoms with Crippen molar-refractivity contribution in [1.29, 1.82) is 0 Å². The van der Waals surface area contributed by atoms with Gasteiger partial charge >= 0.3 is 11.9 Å². The molecule has 0 aliphatic carbocycles. The zero-order valence-electron chi connectivity index (χ0n) is 18.4. The predicted octanol–water partition coefficient (Wildman–Crippen LogP) is 2.34. The summed E-state index contributed by atoms with van der Waals surface area (Å²) in [6.45, 7) is 8.06. The standard InChI is InChI=1S/C22H28N4O5/c1-5-31-21(28)16-7-8-17(23-13-16)25-9-6-10-26(12-11-25)20(27)19-14(2)18(15(3)24-19)22(29)30-4/h7-8,13,24H,5-6,9-12H2,1-4H3. The third kappa shape index (κ3) is 4.70. The Morgan fingerprint density at radius 1 is 1.10 bits per heavy atom. The van der Waals surface area contributed by atoms with Gasteiger partial charge in [-0.25, -0.2) is 14.6 Å². The SMILES string of the molecule is CCOC(=O)c1ccc(N2CCCN(C(=O)c3[nH]c(C)c(C(=O)OC)c3C)CC2)nc1. The topological polar surface area (TPSA) is 105 Å². The number of aromatic nitrogens is 2. The summed E-state index contributed by atoms with van der Waals surface area (Å²) in [6, 6.07) is 3.50. The third-order valence-electron chi connectivity index (χ3n) is 5.41. The molecule has 0 radical (unpaired) electrons. The highest BCUT2D eigenvalue weighted by molar-refractivity contribution is 6.00. The Kier molecular flexibility index (Phi) is 6.94. The van der Waals surface area contributed by atoms with E-state index in [1.165, 1.54) is 13.3 Å². The van der Waals surface area contributed by atoms with Gasteiger partial charge in [-0.1, -0.05) is 0 Å². The summed E-state index contributed by atoms with van der Waals surface area (Å²) in [5, 5.41) is 0. The molecule has 3 heterocycles. The second-order valence-electron chi connectivity index (χ2n) is 7.37. The first-order chi connectivity index (χ1) is 14.9. The molecule has 0 atom stereocenters. The van der Waals surface area contributed by atoms with Gasteiger partial charge in [0.15, 0.2) is 0 Å². The Bertz CT molecular complexity index is 967. The number of pyridine rings is 1. The maximum Gasteiger partial charge on any atom is 0.339 e. The Balaban J connectivity index is 1.70. The first kappa shape index (κ1) is 22.3. The number of aryl methyl sites for hydroxylation is 1. The number of carbonyl (C=O) groups is 3. The van der Waals surface area contributed by atoms with Gasteiger partial charge in [0.25, 0.3) is 5.91 Å². The molecule has 0 spiro atoms. The smallest absolute Gasteiger partial charge is 0.339 e. The summed E-state index contributed by atoms with van der Waals surface area (Å²) in [5.74, 6) is -0.229. The number of anilines is 1. The van der Waals surface area contributed by atoms with E-state index in [-0.39, 0.29) is 5.91 Å². The van der Waals surface area contributed by atoms with E-state index in [0.29, 0.717) is 54.3 Å². The molecule has 1 N–H and O–H groups in total. The highest BCUT2D eigenvalue weighted by Gasteiger charge is 2.27. The molecule has 2 aromatic heterocycles. The van der Waals surface area contributed by atoms with Crippen LogP contribution in [0, 0.1) is 13.8 Å². The molecule has 0 unspecified atom stereocenters. The summed E-state index contributed by atoms with van der Waals surface area (Å²) in [7, 11) is 1.33. The number of H-pyrrole nitrogens is 1. The molecule has 166 valence electrons. The van der Waals surface area contributed by atoms with E-state index in [1.54, 1.807) is 37.8 Å². The van der Waals surface area contributed by atoms with Crippen molar-refractivity contribution in [3.05, 3.63) is 46.4 Å². The van der Waals surface area contributed by atoms with E-state index in [2.05, 4.69) is 14.9 Å². The van der Waals surface area contributed by atoms with E-state index in [1.807, 2.05) is 0 Å². The Labute approximate surface area is 181 Å². The number of carbonyl (C=O) groups excluding carboxylic acids is 3. The van der Waals surface area contributed by atoms with E-state index in [4.69, 9.17) is 9.47 Å². The summed E-state index contributed by atoms with van der Waals surface area (Å²) >= 11 is 0. The van der Waals surface area contributed by atoms with Gasteiger partial charge in [0.05, 0.1) is 24.8 Å². The van der Waals surface area contributed by atoms with E-state index in [9.17, 15) is 14.4 Å². The number of ether oxygens (including phenoxy) is 2. The molecule has 0 bridgehead atoms. The number of amides is 1. The molecule has 1 aliphatic heterocycles. The van der Waals surface area contributed by atoms with Crippen molar-refractivity contribution < 1.29 is 23.9 Å². The number of methoxy groups -OCH3 is 1. The fourth-order valence-corrected chi connectivity index (χ4v) is 3.79. The van der Waals surface area contributed by atoms with Crippen LogP contribution < -0.4 is 4.90 Å². The van der Waals surface area contributed by atoms with E-state index >= 15 is 0 Å². The minimum absolute atomic E-state index is 0.136. The maximum absolute atomic E-state index is 13.1. The number of hydrogen-bond acceptors (Lipinski definition) is 7. The lowest BCUT2D eigenvalue weighted by molar-refractivity contribution is 0.0524. The molecule has 1 fully saturated rings. The van der Waals surface area contributed by atoms with Gasteiger partial charge in [0, 0.05) is 38.1 Å². The van der Waals surface area contributed by atoms with Crippen molar-refractivity contribution >= 4 is 23.7 Å². The molecule has 0 saturated carbocycles. The molecule has 31 heavy (non-hydrogen) atoms. The monoisotopic (exact) mass is 428 g/mol. The zero-order valence-corrected chi connectivity index (χ0v) is 18.4. The van der Waals surface area contributed by atoms with Crippen LogP contribution >= 0.6 is 0 Å². The van der Waals surface area contributed by atoms with Crippen molar-refractivity contribution in [3.63, 3.8) is 0 Å². The van der Waals surface area contributed by atoms with Gasteiger partial charge in [-0.2, -0.15) is 0 Å². The normalized spacial score (nSPS) is 14.2. The van der Waals surface area contributed by atoms with Crippen molar-refractivity contribution in [1.82, 2.24) is 14.9 Å². The minimum atomic E-state index is -0.454. The van der Waals surface area contributed by atoms with Gasteiger partial charge < -0.3 is 24.3 Å². The second kappa shape index (κ2) is 9.63. The largest absolute Gasteiger partial charge is 0.465 e. The molecular formula is C22H28N4O5. The lowest BCUT2D eigenvalue weighted by Gasteiger charge is -2.23. The van der Waals surface area contributed by atoms with Crippen LogP contribution in [0.5, 0.6) is 0 Å². The Morgan fingerprint density at radius 3 is 2.52 bits per heavy atom. The molecule has 9 nitrogen and oxygen atoms in total. The lowest BCUT2D eigenvalue weighted by Crippen LogP contribution is -2.36. The molecule has 1 amide bonds. The number of nitrogens with zero attached hydrogens (tertiary/aromatic N) is 3. The van der Waals surface area contributed by atoms with Gasteiger partial charge in [0.2, 0.25) is 0 Å². The summed E-state index contributed by atoms with van der Waals surface area (Å²) in [4.78, 5) is 48.3. The molecule has 9 heteroatoms. The number of hydrogen-bond donors (Lipinski definition) is 1. The van der Waals surface area contributed by atoms with Crippen molar-refractivity contribution in [2.24, 2.45) is 0 Å². The average molecular weight is 428 g/mol. The third-order valence-corrected chi connectivity index (χ3v) is 5.41. The van der Waals surface area contributed by atoms with Gasteiger partial charge in [-0.05, 0) is 44.9 Å². The molecule has 0 aromatic carbocycles. The minimum Gasteiger partial charge on any atom is -0.465 e. The fraction of sp³-hybridized carbons (Fsp3) is 0.455. The quantitative estimate of drug-likeness (QED) is 0.729. The molecule has 3 rings (SSSR count). The molecule has 1 aliphatic rings.